The number of aromatic nitrogens is 1. The summed E-state index contributed by atoms with van der Waals surface area (Å²) in [5.74, 6) is 0. The largest absolute Gasteiger partial charge is 0.433 e. The molecule has 72 valence electrons. The Kier molecular flexibility index (Phi) is 1.91. The number of nitrogens with zero attached hydrogens (tertiary/aromatic N) is 1. The molecule has 0 bridgehead atoms. The van der Waals surface area contributed by atoms with Crippen molar-refractivity contribution in [3.8, 4) is 0 Å². The Bertz CT molecular complexity index is 457. The van der Waals surface area contributed by atoms with Gasteiger partial charge in [0.15, 0.2) is 5.69 Å². The van der Waals surface area contributed by atoms with E-state index in [9.17, 15) is 13.2 Å². The molecule has 1 heterocycles. The van der Waals surface area contributed by atoms with E-state index in [0.29, 0.717) is 5.39 Å². The molecule has 1 aromatic heterocycles. The SMILES string of the molecule is FC(F)(F)c1nccc2ccccc12. The second-order valence-electron chi connectivity index (χ2n) is 2.88. The molecule has 0 radical (unpaired) electrons. The maximum atomic E-state index is 12.5. The van der Waals surface area contributed by atoms with E-state index in [0.717, 1.165) is 0 Å². The molecule has 0 spiro atoms. The first-order valence-electron chi connectivity index (χ1n) is 4.00. The van der Waals surface area contributed by atoms with Crippen LogP contribution in [0.15, 0.2) is 36.5 Å². The lowest BCUT2D eigenvalue weighted by Crippen LogP contribution is -2.08. The summed E-state index contributed by atoms with van der Waals surface area (Å²) in [6, 6.07) is 7.88. The van der Waals surface area contributed by atoms with Crippen LogP contribution < -0.4 is 0 Å². The molecule has 0 aliphatic rings. The van der Waals surface area contributed by atoms with E-state index in [2.05, 4.69) is 4.98 Å². The molecule has 2 rings (SSSR count). The monoisotopic (exact) mass is 197 g/mol. The zero-order valence-electron chi connectivity index (χ0n) is 7.05. The smallest absolute Gasteiger partial charge is 0.251 e. The van der Waals surface area contributed by atoms with Crippen LogP contribution >= 0.6 is 0 Å². The summed E-state index contributed by atoms with van der Waals surface area (Å²) in [5.41, 5.74) is -0.824. The van der Waals surface area contributed by atoms with E-state index >= 15 is 0 Å². The second kappa shape index (κ2) is 2.97. The summed E-state index contributed by atoms with van der Waals surface area (Å²) in [6.45, 7) is 0. The molecule has 0 aliphatic carbocycles. The highest BCUT2D eigenvalue weighted by Gasteiger charge is 2.34. The van der Waals surface area contributed by atoms with Crippen LogP contribution in [0.4, 0.5) is 13.2 Å². The molecule has 14 heavy (non-hydrogen) atoms. The van der Waals surface area contributed by atoms with Crippen LogP contribution in [0.5, 0.6) is 0 Å². The van der Waals surface area contributed by atoms with Gasteiger partial charge in [0.1, 0.15) is 0 Å². The summed E-state index contributed by atoms with van der Waals surface area (Å²) in [7, 11) is 0. The summed E-state index contributed by atoms with van der Waals surface area (Å²) in [4.78, 5) is 3.35. The van der Waals surface area contributed by atoms with Gasteiger partial charge in [-0.2, -0.15) is 13.2 Å². The number of fused-ring (bicyclic) bond motifs is 1. The summed E-state index contributed by atoms with van der Waals surface area (Å²) < 4.78 is 37.4. The van der Waals surface area contributed by atoms with Gasteiger partial charge >= 0.3 is 6.18 Å². The first-order valence-corrected chi connectivity index (χ1v) is 4.00. The highest BCUT2D eigenvalue weighted by molar-refractivity contribution is 5.84. The number of alkyl halides is 3. The van der Waals surface area contributed by atoms with Crippen LogP contribution in [0, 0.1) is 0 Å². The van der Waals surface area contributed by atoms with E-state index in [-0.39, 0.29) is 5.39 Å². The Morgan fingerprint density at radius 3 is 2.43 bits per heavy atom. The maximum absolute atomic E-state index is 12.5. The molecular formula is C10H6F3N. The summed E-state index contributed by atoms with van der Waals surface area (Å²) >= 11 is 0. The minimum absolute atomic E-state index is 0.141. The Hall–Kier alpha value is -1.58. The van der Waals surface area contributed by atoms with Gasteiger partial charge in [0, 0.05) is 11.6 Å². The average Bonchev–Trinajstić information content (AvgIpc) is 2.15. The Morgan fingerprint density at radius 2 is 1.71 bits per heavy atom. The highest BCUT2D eigenvalue weighted by atomic mass is 19.4. The topological polar surface area (TPSA) is 12.9 Å². The molecule has 0 fully saturated rings. The quantitative estimate of drug-likeness (QED) is 0.631. The fourth-order valence-electron chi connectivity index (χ4n) is 1.35. The maximum Gasteiger partial charge on any atom is 0.433 e. The van der Waals surface area contributed by atoms with Crippen LogP contribution in [0.3, 0.4) is 0 Å². The predicted molar refractivity (Wildman–Crippen MR) is 46.7 cm³/mol. The Balaban J connectivity index is 2.78. The van der Waals surface area contributed by atoms with Crippen molar-refractivity contribution < 1.29 is 13.2 Å². The van der Waals surface area contributed by atoms with Crippen molar-refractivity contribution in [1.29, 1.82) is 0 Å². The van der Waals surface area contributed by atoms with Crippen molar-refractivity contribution in [1.82, 2.24) is 4.98 Å². The standard InChI is InChI=1S/C10H6F3N/c11-10(12,13)9-8-4-2-1-3-7(8)5-6-14-9/h1-6H. The van der Waals surface area contributed by atoms with Gasteiger partial charge in [-0.25, -0.2) is 0 Å². The Labute approximate surface area is 78.2 Å². The molecule has 2 aromatic rings. The van der Waals surface area contributed by atoms with Gasteiger partial charge in [0.25, 0.3) is 0 Å². The third-order valence-corrected chi connectivity index (χ3v) is 1.94. The Morgan fingerprint density at radius 1 is 1.00 bits per heavy atom. The predicted octanol–water partition coefficient (Wildman–Crippen LogP) is 3.25. The molecule has 0 saturated carbocycles. The van der Waals surface area contributed by atoms with E-state index in [1.807, 2.05) is 0 Å². The average molecular weight is 197 g/mol. The fourth-order valence-corrected chi connectivity index (χ4v) is 1.35. The second-order valence-corrected chi connectivity index (χ2v) is 2.88. The van der Waals surface area contributed by atoms with Crippen molar-refractivity contribution in [2.45, 2.75) is 6.18 Å². The minimum Gasteiger partial charge on any atom is -0.251 e. The number of halogens is 3. The van der Waals surface area contributed by atoms with Crippen molar-refractivity contribution in [2.75, 3.05) is 0 Å². The van der Waals surface area contributed by atoms with Gasteiger partial charge in [-0.1, -0.05) is 24.3 Å². The van der Waals surface area contributed by atoms with Crippen LogP contribution in [0.1, 0.15) is 5.69 Å². The third-order valence-electron chi connectivity index (χ3n) is 1.94. The first kappa shape index (κ1) is 8.99. The van der Waals surface area contributed by atoms with E-state index in [4.69, 9.17) is 0 Å². The van der Waals surface area contributed by atoms with E-state index in [1.165, 1.54) is 12.3 Å². The van der Waals surface area contributed by atoms with Crippen LogP contribution in [-0.4, -0.2) is 4.98 Å². The van der Waals surface area contributed by atoms with E-state index in [1.54, 1.807) is 24.3 Å². The lowest BCUT2D eigenvalue weighted by atomic mass is 10.1. The number of benzene rings is 1. The number of hydrogen-bond donors (Lipinski definition) is 0. The van der Waals surface area contributed by atoms with Gasteiger partial charge in [0.2, 0.25) is 0 Å². The van der Waals surface area contributed by atoms with E-state index < -0.39 is 11.9 Å². The summed E-state index contributed by atoms with van der Waals surface area (Å²) in [5, 5.41) is 0.692. The van der Waals surface area contributed by atoms with Crippen LogP contribution in [0.25, 0.3) is 10.8 Å². The van der Waals surface area contributed by atoms with Gasteiger partial charge in [-0.15, -0.1) is 0 Å². The molecule has 1 aromatic carbocycles. The summed E-state index contributed by atoms with van der Waals surface area (Å²) in [6.07, 6.45) is -3.22. The molecule has 0 atom stereocenters. The normalized spacial score (nSPS) is 11.9. The third kappa shape index (κ3) is 1.43. The number of hydrogen-bond acceptors (Lipinski definition) is 1. The zero-order valence-corrected chi connectivity index (χ0v) is 7.05. The van der Waals surface area contributed by atoms with Gasteiger partial charge in [0.05, 0.1) is 0 Å². The van der Waals surface area contributed by atoms with Crippen LogP contribution in [0.2, 0.25) is 0 Å². The number of pyridine rings is 1. The van der Waals surface area contributed by atoms with Crippen molar-refractivity contribution in [3.05, 3.63) is 42.2 Å². The lowest BCUT2D eigenvalue weighted by molar-refractivity contribution is -0.139. The molecule has 1 nitrogen and oxygen atoms in total. The molecule has 0 aliphatic heterocycles. The molecule has 0 amide bonds. The fraction of sp³-hybridized carbons (Fsp3) is 0.100. The van der Waals surface area contributed by atoms with Gasteiger partial charge in [-0.05, 0) is 11.5 Å². The van der Waals surface area contributed by atoms with Crippen molar-refractivity contribution >= 4 is 10.8 Å². The first-order chi connectivity index (χ1) is 6.59. The molecule has 4 heteroatoms. The van der Waals surface area contributed by atoms with Crippen molar-refractivity contribution in [2.24, 2.45) is 0 Å². The minimum atomic E-state index is -4.39. The zero-order chi connectivity index (χ0) is 10.2. The van der Waals surface area contributed by atoms with Gasteiger partial charge in [-0.3, -0.25) is 4.98 Å². The molecule has 0 unspecified atom stereocenters. The lowest BCUT2D eigenvalue weighted by Gasteiger charge is -2.08. The number of rotatable bonds is 0. The molecule has 0 N–H and O–H groups in total. The highest BCUT2D eigenvalue weighted by Crippen LogP contribution is 2.32. The van der Waals surface area contributed by atoms with Gasteiger partial charge < -0.3 is 0 Å². The van der Waals surface area contributed by atoms with Crippen molar-refractivity contribution in [3.63, 3.8) is 0 Å². The molecular weight excluding hydrogens is 191 g/mol. The van der Waals surface area contributed by atoms with Crippen LogP contribution in [-0.2, 0) is 6.18 Å². The molecule has 0 saturated heterocycles.